The molecule has 0 amide bonds. The highest BCUT2D eigenvalue weighted by Gasteiger charge is 2.12. The van der Waals surface area contributed by atoms with Gasteiger partial charge in [0, 0.05) is 41.6 Å². The summed E-state index contributed by atoms with van der Waals surface area (Å²) in [7, 11) is 1.78. The van der Waals surface area contributed by atoms with Gasteiger partial charge in [-0.3, -0.25) is 4.79 Å². The van der Waals surface area contributed by atoms with E-state index in [0.29, 0.717) is 22.7 Å². The summed E-state index contributed by atoms with van der Waals surface area (Å²) in [4.78, 5) is 24.3. The number of aryl methyl sites for hydroxylation is 1. The Bertz CT molecular complexity index is 1510. The molecular weight excluding hydrogens is 402 g/mol. The van der Waals surface area contributed by atoms with E-state index in [2.05, 4.69) is 21.9 Å². The maximum Gasteiger partial charge on any atom is 0.259 e. The molecule has 0 radical (unpaired) electrons. The first-order valence-corrected chi connectivity index (χ1v) is 10.0. The van der Waals surface area contributed by atoms with Gasteiger partial charge in [0.25, 0.3) is 5.56 Å². The molecule has 3 heterocycles. The van der Waals surface area contributed by atoms with Gasteiger partial charge in [-0.05, 0) is 60.3 Å². The van der Waals surface area contributed by atoms with Crippen LogP contribution in [0.5, 0.6) is 0 Å². The van der Waals surface area contributed by atoms with Crippen LogP contribution in [0, 0.1) is 6.92 Å². The Hall–Kier alpha value is -4.17. The fourth-order valence-corrected chi connectivity index (χ4v) is 3.53. The predicted molar refractivity (Wildman–Crippen MR) is 130 cm³/mol. The van der Waals surface area contributed by atoms with Crippen molar-refractivity contribution >= 4 is 40.4 Å². The molecule has 162 valence electrons. The Morgan fingerprint density at radius 1 is 1.22 bits per heavy atom. The summed E-state index contributed by atoms with van der Waals surface area (Å²) in [5.41, 5.74) is 9.65. The summed E-state index contributed by atoms with van der Waals surface area (Å²) in [5, 5.41) is 7.81. The zero-order valence-electron chi connectivity index (χ0n) is 18.2. The van der Waals surface area contributed by atoms with Crippen LogP contribution >= 0.6 is 0 Å². The molecule has 0 spiro atoms. The highest BCUT2D eigenvalue weighted by molar-refractivity contribution is 5.95. The quantitative estimate of drug-likeness (QED) is 0.290. The molecule has 0 unspecified atom stereocenters. The predicted octanol–water partition coefficient (Wildman–Crippen LogP) is 1.96. The molecule has 0 saturated heterocycles. The number of aromatic nitrogens is 3. The molecule has 0 aliphatic carbocycles. The fourth-order valence-electron chi connectivity index (χ4n) is 3.53. The van der Waals surface area contributed by atoms with E-state index in [9.17, 15) is 4.79 Å². The largest absolute Gasteiger partial charge is 0.383 e. The molecule has 4 rings (SSSR count). The van der Waals surface area contributed by atoms with Gasteiger partial charge in [0.2, 0.25) is 0 Å². The third-order valence-electron chi connectivity index (χ3n) is 5.46. The molecule has 0 aliphatic rings. The number of nitrogens with zero attached hydrogens (tertiary/aromatic N) is 3. The van der Waals surface area contributed by atoms with Gasteiger partial charge in [-0.15, -0.1) is 0 Å². The normalized spacial score (nSPS) is 12.0. The van der Waals surface area contributed by atoms with Crippen molar-refractivity contribution in [2.45, 2.75) is 13.8 Å². The summed E-state index contributed by atoms with van der Waals surface area (Å²) in [6.45, 7) is 7.96. The maximum atomic E-state index is 12.6. The SMILES string of the molecule is C=c1cc(Nc2nc(-c3cnc(N)c(C)c3)cc3cc[nH]c(=O)c23)cc/c1=C(\C)N(C)N. The van der Waals surface area contributed by atoms with Gasteiger partial charge in [-0.1, -0.05) is 12.6 Å². The lowest BCUT2D eigenvalue weighted by atomic mass is 10.1. The van der Waals surface area contributed by atoms with Crippen molar-refractivity contribution in [2.24, 2.45) is 5.84 Å². The number of rotatable bonds is 4. The number of hydrogen-bond donors (Lipinski definition) is 4. The number of pyridine rings is 3. The summed E-state index contributed by atoms with van der Waals surface area (Å²) in [5.74, 6) is 6.78. The van der Waals surface area contributed by atoms with Crippen LogP contribution in [0.1, 0.15) is 12.5 Å². The van der Waals surface area contributed by atoms with E-state index >= 15 is 0 Å². The van der Waals surface area contributed by atoms with Crippen LogP contribution in [0.3, 0.4) is 0 Å². The summed E-state index contributed by atoms with van der Waals surface area (Å²) >= 11 is 0. The maximum absolute atomic E-state index is 12.6. The van der Waals surface area contributed by atoms with Crippen molar-refractivity contribution in [3.8, 4) is 11.3 Å². The third-order valence-corrected chi connectivity index (χ3v) is 5.46. The number of benzene rings is 1. The molecule has 1 aromatic carbocycles. The zero-order chi connectivity index (χ0) is 23.0. The van der Waals surface area contributed by atoms with Crippen molar-refractivity contribution in [1.29, 1.82) is 0 Å². The van der Waals surface area contributed by atoms with E-state index < -0.39 is 0 Å². The first-order valence-electron chi connectivity index (χ1n) is 10.0. The Balaban J connectivity index is 1.87. The van der Waals surface area contributed by atoms with Crippen molar-refractivity contribution in [2.75, 3.05) is 18.1 Å². The lowest BCUT2D eigenvalue weighted by molar-refractivity contribution is 0.502. The van der Waals surface area contributed by atoms with Gasteiger partial charge in [-0.2, -0.15) is 0 Å². The fraction of sp³-hybridized carbons (Fsp3) is 0.125. The molecule has 8 nitrogen and oxygen atoms in total. The van der Waals surface area contributed by atoms with Crippen LogP contribution in [0.25, 0.3) is 34.3 Å². The van der Waals surface area contributed by atoms with Crippen LogP contribution in [-0.4, -0.2) is 27.0 Å². The van der Waals surface area contributed by atoms with Gasteiger partial charge in [0.1, 0.15) is 11.6 Å². The molecule has 32 heavy (non-hydrogen) atoms. The van der Waals surface area contributed by atoms with Crippen LogP contribution < -0.4 is 32.9 Å². The number of H-pyrrole nitrogens is 1. The molecule has 8 heteroatoms. The topological polar surface area (TPSA) is 126 Å². The number of anilines is 3. The molecule has 0 saturated carbocycles. The van der Waals surface area contributed by atoms with Crippen LogP contribution in [0.2, 0.25) is 0 Å². The average Bonchev–Trinajstić information content (AvgIpc) is 2.75. The second-order valence-corrected chi connectivity index (χ2v) is 7.75. The minimum Gasteiger partial charge on any atom is -0.383 e. The minimum absolute atomic E-state index is 0.226. The first kappa shape index (κ1) is 21.1. The number of hydrazine groups is 1. The molecule has 4 aromatic rings. The van der Waals surface area contributed by atoms with E-state index in [4.69, 9.17) is 16.6 Å². The lowest BCUT2D eigenvalue weighted by Gasteiger charge is -2.14. The summed E-state index contributed by atoms with van der Waals surface area (Å²) < 4.78 is 0. The highest BCUT2D eigenvalue weighted by atomic mass is 16.1. The zero-order valence-corrected chi connectivity index (χ0v) is 18.2. The molecule has 0 fully saturated rings. The van der Waals surface area contributed by atoms with Gasteiger partial charge < -0.3 is 21.0 Å². The molecule has 6 N–H and O–H groups in total. The summed E-state index contributed by atoms with van der Waals surface area (Å²) in [6.07, 6.45) is 3.30. The highest BCUT2D eigenvalue weighted by Crippen LogP contribution is 2.28. The number of nitrogen functional groups attached to an aromatic ring is 1. The Kier molecular flexibility index (Phi) is 5.38. The number of fused-ring (bicyclic) bond motifs is 1. The standard InChI is InChI=1S/C24H25N7O/c1-13-10-18(5-6-19(13)15(3)31(4)26)29-23-21-16(7-8-27-24(21)32)11-20(30-23)17-9-14(2)22(25)28-12-17/h5-12H,1,26H2,2-4H3,(H2,25,28)(H,27,32)(H,29,30)/b19-15-. The number of hydrogen-bond acceptors (Lipinski definition) is 7. The Morgan fingerprint density at radius 2 is 2.00 bits per heavy atom. The number of nitrogens with one attached hydrogen (secondary N) is 2. The molecular formula is C24H25N7O. The molecule has 3 aromatic heterocycles. The second kappa shape index (κ2) is 8.16. The van der Waals surface area contributed by atoms with Crippen LogP contribution in [0.4, 0.5) is 17.3 Å². The molecule has 0 aliphatic heterocycles. The number of nitrogens with two attached hydrogens (primary N) is 2. The van der Waals surface area contributed by atoms with E-state index in [1.165, 1.54) is 0 Å². The lowest BCUT2D eigenvalue weighted by Crippen LogP contribution is -2.34. The van der Waals surface area contributed by atoms with Gasteiger partial charge in [0.05, 0.1) is 11.1 Å². The van der Waals surface area contributed by atoms with Crippen LogP contribution in [-0.2, 0) is 0 Å². The van der Waals surface area contributed by atoms with E-state index in [0.717, 1.165) is 38.3 Å². The van der Waals surface area contributed by atoms with Crippen molar-refractivity contribution in [3.05, 3.63) is 75.1 Å². The second-order valence-electron chi connectivity index (χ2n) is 7.75. The number of aromatic amines is 1. The monoisotopic (exact) mass is 427 g/mol. The Morgan fingerprint density at radius 3 is 2.69 bits per heavy atom. The van der Waals surface area contributed by atoms with Crippen LogP contribution in [0.15, 0.2) is 53.6 Å². The third kappa shape index (κ3) is 3.91. The van der Waals surface area contributed by atoms with E-state index in [-0.39, 0.29) is 5.56 Å². The molecule has 0 bridgehead atoms. The molecule has 0 atom stereocenters. The van der Waals surface area contributed by atoms with E-state index in [1.54, 1.807) is 24.5 Å². The minimum atomic E-state index is -0.226. The smallest absolute Gasteiger partial charge is 0.259 e. The van der Waals surface area contributed by atoms with Gasteiger partial charge in [-0.25, -0.2) is 15.8 Å². The van der Waals surface area contributed by atoms with Gasteiger partial charge >= 0.3 is 0 Å². The van der Waals surface area contributed by atoms with Crippen molar-refractivity contribution < 1.29 is 0 Å². The van der Waals surface area contributed by atoms with Crippen molar-refractivity contribution in [1.82, 2.24) is 20.0 Å². The van der Waals surface area contributed by atoms with Crippen molar-refractivity contribution in [3.63, 3.8) is 0 Å². The average molecular weight is 428 g/mol. The summed E-state index contributed by atoms with van der Waals surface area (Å²) in [6, 6.07) is 11.4. The van der Waals surface area contributed by atoms with Gasteiger partial charge in [0.15, 0.2) is 0 Å². The first-order chi connectivity index (χ1) is 15.2. The Labute approximate surface area is 184 Å². The van der Waals surface area contributed by atoms with E-state index in [1.807, 2.05) is 50.2 Å².